The second-order valence-corrected chi connectivity index (χ2v) is 6.95. The van der Waals surface area contributed by atoms with Crippen molar-refractivity contribution >= 4 is 23.9 Å². The number of carbonyl (C=O) groups excluding carboxylic acids is 4. The van der Waals surface area contributed by atoms with E-state index in [1.165, 1.54) is 24.3 Å². The van der Waals surface area contributed by atoms with Gasteiger partial charge in [0.1, 0.15) is 0 Å². The number of rotatable bonds is 7. The fraction of sp³-hybridized carbons (Fsp3) is 0.556. The highest BCUT2D eigenvalue weighted by atomic mass is 16.6. The van der Waals surface area contributed by atoms with Gasteiger partial charge in [0.05, 0.1) is 14.2 Å². The van der Waals surface area contributed by atoms with E-state index in [4.69, 9.17) is 20.9 Å². The zero-order chi connectivity index (χ0) is 22.7. The van der Waals surface area contributed by atoms with Gasteiger partial charge < -0.3 is 40.6 Å². The van der Waals surface area contributed by atoms with Crippen LogP contribution in [0, 0.1) is 0 Å². The summed E-state index contributed by atoms with van der Waals surface area (Å²) in [5.41, 5.74) is 7.55. The van der Waals surface area contributed by atoms with Crippen molar-refractivity contribution in [1.82, 2.24) is 0 Å². The number of aliphatic hydroxyl groups excluding tert-OH is 2. The summed E-state index contributed by atoms with van der Waals surface area (Å²) in [5.74, 6) is -4.93. The summed E-state index contributed by atoms with van der Waals surface area (Å²) in [6.45, 7) is 0. The Morgan fingerprint density at radius 1 is 0.833 bits per heavy atom. The average molecular weight is 428 g/mol. The molecule has 0 radical (unpaired) electrons. The first-order valence-electron chi connectivity index (χ1n) is 8.89. The van der Waals surface area contributed by atoms with Crippen molar-refractivity contribution in [3.63, 3.8) is 0 Å². The Kier molecular flexibility index (Phi) is 6.98. The molecule has 0 aromatic heterocycles. The van der Waals surface area contributed by atoms with E-state index in [9.17, 15) is 29.4 Å². The Bertz CT molecular complexity index is 717. The maximum Gasteiger partial charge on any atom is 0.354 e. The van der Waals surface area contributed by atoms with Crippen molar-refractivity contribution < 1.29 is 48.3 Å². The lowest BCUT2D eigenvalue weighted by Gasteiger charge is -2.29. The Labute approximate surface area is 171 Å². The second kappa shape index (κ2) is 8.92. The largest absolute Gasteiger partial charge is 0.466 e. The van der Waals surface area contributed by atoms with E-state index in [2.05, 4.69) is 9.47 Å². The molecule has 0 saturated heterocycles. The van der Waals surface area contributed by atoms with Crippen LogP contribution >= 0.6 is 0 Å². The third kappa shape index (κ3) is 4.51. The highest BCUT2D eigenvalue weighted by molar-refractivity contribution is 5.92. The zero-order valence-corrected chi connectivity index (χ0v) is 16.3. The Balaban J connectivity index is 2.11. The van der Waals surface area contributed by atoms with Crippen LogP contribution in [0.25, 0.3) is 0 Å². The van der Waals surface area contributed by atoms with Gasteiger partial charge in [-0.1, -0.05) is 12.2 Å². The molecule has 6 atom stereocenters. The minimum Gasteiger partial charge on any atom is -0.466 e. The summed E-state index contributed by atoms with van der Waals surface area (Å²) in [7, 11) is 2.12. The van der Waals surface area contributed by atoms with Crippen LogP contribution in [0.2, 0.25) is 0 Å². The van der Waals surface area contributed by atoms with Crippen LogP contribution in [-0.2, 0) is 38.1 Å². The van der Waals surface area contributed by atoms with Crippen LogP contribution < -0.4 is 11.5 Å². The second-order valence-electron chi connectivity index (χ2n) is 6.95. The van der Waals surface area contributed by atoms with Crippen LogP contribution in [0.3, 0.4) is 0 Å². The highest BCUT2D eigenvalue weighted by Crippen LogP contribution is 2.30. The predicted octanol–water partition coefficient (Wildman–Crippen LogP) is -2.81. The summed E-state index contributed by atoms with van der Waals surface area (Å²) in [5, 5.41) is 20.1. The predicted molar refractivity (Wildman–Crippen MR) is 97.2 cm³/mol. The Hall–Kier alpha value is -2.80. The van der Waals surface area contributed by atoms with E-state index in [1.807, 2.05) is 0 Å². The molecule has 166 valence electrons. The summed E-state index contributed by atoms with van der Waals surface area (Å²) in [6.07, 6.45) is -0.00439. The van der Waals surface area contributed by atoms with Gasteiger partial charge in [-0.3, -0.25) is 0 Å². The number of nitrogens with two attached hydrogens (primary N) is 2. The molecule has 2 aliphatic carbocycles. The third-order valence-corrected chi connectivity index (χ3v) is 4.71. The van der Waals surface area contributed by atoms with Crippen molar-refractivity contribution in [2.75, 3.05) is 14.2 Å². The molecule has 0 saturated carbocycles. The first-order chi connectivity index (χ1) is 14.0. The van der Waals surface area contributed by atoms with Gasteiger partial charge in [0.25, 0.3) is 0 Å². The topological polar surface area (TPSA) is 198 Å². The van der Waals surface area contributed by atoms with Crippen LogP contribution in [0.1, 0.15) is 12.8 Å². The van der Waals surface area contributed by atoms with E-state index in [0.29, 0.717) is 0 Å². The molecule has 2 rings (SSSR count). The van der Waals surface area contributed by atoms with Gasteiger partial charge in [-0.2, -0.15) is 0 Å². The highest BCUT2D eigenvalue weighted by Gasteiger charge is 2.50. The number of hydrogen-bond acceptors (Lipinski definition) is 12. The molecule has 0 bridgehead atoms. The van der Waals surface area contributed by atoms with Crippen molar-refractivity contribution in [3.8, 4) is 0 Å². The Morgan fingerprint density at radius 3 is 1.40 bits per heavy atom. The fourth-order valence-electron chi connectivity index (χ4n) is 3.15. The molecule has 6 N–H and O–H groups in total. The fourth-order valence-corrected chi connectivity index (χ4v) is 3.15. The molecule has 0 fully saturated rings. The lowest BCUT2D eigenvalue weighted by Crippen LogP contribution is -2.51. The van der Waals surface area contributed by atoms with Crippen LogP contribution in [0.4, 0.5) is 0 Å². The van der Waals surface area contributed by atoms with Crippen LogP contribution in [-0.4, -0.2) is 83.8 Å². The summed E-state index contributed by atoms with van der Waals surface area (Å²) in [6, 6.07) is -1.25. The number of methoxy groups -OCH3 is 2. The molecule has 0 aromatic rings. The molecule has 6 unspecified atom stereocenters. The van der Waals surface area contributed by atoms with E-state index >= 15 is 0 Å². The third-order valence-electron chi connectivity index (χ3n) is 4.71. The van der Waals surface area contributed by atoms with Gasteiger partial charge in [0.15, 0.2) is 12.2 Å². The average Bonchev–Trinajstić information content (AvgIpc) is 3.28. The number of esters is 4. The van der Waals surface area contributed by atoms with Gasteiger partial charge in [-0.25, -0.2) is 19.2 Å². The molecule has 0 aliphatic heterocycles. The minimum atomic E-state index is -2.43. The molecule has 12 nitrogen and oxygen atoms in total. The number of aliphatic hydroxyl groups is 2. The van der Waals surface area contributed by atoms with Crippen molar-refractivity contribution in [1.29, 1.82) is 0 Å². The SMILES string of the molecule is COC(=O)C1(OC(=O)C(O)C(O)C(=O)OC2(C(=O)OC)C=CC(N)C2)C=CC(N)C1. The van der Waals surface area contributed by atoms with Gasteiger partial charge in [-0.05, 0) is 12.2 Å². The van der Waals surface area contributed by atoms with Crippen molar-refractivity contribution in [2.45, 2.75) is 48.3 Å². The first kappa shape index (κ1) is 23.5. The number of ether oxygens (including phenoxy) is 4. The normalized spacial score (nSPS) is 31.7. The molecule has 0 spiro atoms. The van der Waals surface area contributed by atoms with Crippen LogP contribution in [0.5, 0.6) is 0 Å². The molecular weight excluding hydrogens is 404 g/mol. The van der Waals surface area contributed by atoms with E-state index in [0.717, 1.165) is 14.2 Å². The summed E-state index contributed by atoms with van der Waals surface area (Å²) < 4.78 is 19.2. The molecular formula is C18H24N2O10. The van der Waals surface area contributed by atoms with Gasteiger partial charge >= 0.3 is 23.9 Å². The number of hydrogen-bond donors (Lipinski definition) is 4. The van der Waals surface area contributed by atoms with Gasteiger partial charge in [0.2, 0.25) is 11.2 Å². The minimum absolute atomic E-state index is 0.160. The van der Waals surface area contributed by atoms with Gasteiger partial charge in [0, 0.05) is 24.9 Å². The number of carbonyl (C=O) groups is 4. The first-order valence-corrected chi connectivity index (χ1v) is 8.89. The molecule has 30 heavy (non-hydrogen) atoms. The monoisotopic (exact) mass is 428 g/mol. The molecule has 0 aromatic carbocycles. The van der Waals surface area contributed by atoms with Gasteiger partial charge in [-0.15, -0.1) is 0 Å². The standard InChI is InChI=1S/C18H24N2O10/c1-27-15(25)17(5-3-9(19)7-17)29-13(23)11(21)12(22)14(24)30-18(16(26)28-2)6-4-10(20)8-18/h3-6,9-12,21-22H,7-8,19-20H2,1-2H3. The lowest BCUT2D eigenvalue weighted by molar-refractivity contribution is -0.193. The maximum absolute atomic E-state index is 12.3. The molecule has 0 amide bonds. The quantitative estimate of drug-likeness (QED) is 0.185. The van der Waals surface area contributed by atoms with E-state index < -0.39 is 59.4 Å². The molecule has 12 heteroatoms. The molecule has 0 heterocycles. The summed E-state index contributed by atoms with van der Waals surface area (Å²) >= 11 is 0. The maximum atomic E-state index is 12.3. The van der Waals surface area contributed by atoms with E-state index in [1.54, 1.807) is 0 Å². The van der Waals surface area contributed by atoms with Crippen molar-refractivity contribution in [2.24, 2.45) is 11.5 Å². The lowest BCUT2D eigenvalue weighted by atomic mass is 10.0. The zero-order valence-electron chi connectivity index (χ0n) is 16.3. The summed E-state index contributed by atoms with van der Waals surface area (Å²) in [4.78, 5) is 48.7. The van der Waals surface area contributed by atoms with E-state index in [-0.39, 0.29) is 12.8 Å². The van der Waals surface area contributed by atoms with Crippen molar-refractivity contribution in [3.05, 3.63) is 24.3 Å². The van der Waals surface area contributed by atoms with Crippen LogP contribution in [0.15, 0.2) is 24.3 Å². The Morgan fingerprint density at radius 2 is 1.17 bits per heavy atom. The molecule has 2 aliphatic rings. The smallest absolute Gasteiger partial charge is 0.354 e.